The van der Waals surface area contributed by atoms with Crippen LogP contribution in [0, 0.1) is 0 Å². The summed E-state index contributed by atoms with van der Waals surface area (Å²) in [5.41, 5.74) is 0.656. The molecule has 0 aliphatic carbocycles. The summed E-state index contributed by atoms with van der Waals surface area (Å²) in [6.45, 7) is 1.87. The first-order valence-corrected chi connectivity index (χ1v) is 4.99. The van der Waals surface area contributed by atoms with E-state index in [4.69, 9.17) is 0 Å². The normalized spacial score (nSPS) is 12.6. The van der Waals surface area contributed by atoms with Gasteiger partial charge in [-0.05, 0) is 24.1 Å². The number of halogens is 5. The Hall–Kier alpha value is -1.33. The lowest BCUT2D eigenvalue weighted by Crippen LogP contribution is -2.41. The Bertz CT molecular complexity index is 372. The maximum atomic E-state index is 12.6. The predicted molar refractivity (Wildman–Crippen MR) is 52.1 cm³/mol. The van der Waals surface area contributed by atoms with Gasteiger partial charge in [0.15, 0.2) is 0 Å². The fourth-order valence-electron chi connectivity index (χ4n) is 1.26. The molecule has 0 saturated carbocycles. The summed E-state index contributed by atoms with van der Waals surface area (Å²) < 4.78 is 64.5. The maximum Gasteiger partial charge on any atom is 0.499 e. The van der Waals surface area contributed by atoms with E-state index in [0.717, 1.165) is 12.5 Å². The van der Waals surface area contributed by atoms with Crippen molar-refractivity contribution in [2.75, 3.05) is 0 Å². The molecular weight excluding hydrogens is 243 g/mol. The minimum Gasteiger partial charge on any atom is -0.426 e. The first kappa shape index (κ1) is 13.7. The molecule has 1 aromatic rings. The number of ether oxygens (including phenoxy) is 1. The SMILES string of the molecule is CCCc1cccc(OC(F)(F)C(F)(F)F)c1. The molecule has 1 rings (SSSR count). The van der Waals surface area contributed by atoms with Crippen molar-refractivity contribution in [1.82, 2.24) is 0 Å². The fourth-order valence-corrected chi connectivity index (χ4v) is 1.26. The molecule has 0 atom stereocenters. The third kappa shape index (κ3) is 3.57. The third-order valence-electron chi connectivity index (χ3n) is 2.01. The molecule has 0 heterocycles. The van der Waals surface area contributed by atoms with E-state index >= 15 is 0 Å². The summed E-state index contributed by atoms with van der Waals surface area (Å²) in [4.78, 5) is 0. The molecule has 0 unspecified atom stereocenters. The van der Waals surface area contributed by atoms with E-state index in [2.05, 4.69) is 4.74 Å². The Morgan fingerprint density at radius 1 is 1.12 bits per heavy atom. The van der Waals surface area contributed by atoms with Crippen LogP contribution in [0.3, 0.4) is 0 Å². The summed E-state index contributed by atoms with van der Waals surface area (Å²) in [6, 6.07) is 5.27. The van der Waals surface area contributed by atoms with E-state index in [9.17, 15) is 22.0 Å². The maximum absolute atomic E-state index is 12.6. The molecule has 0 aliphatic heterocycles. The van der Waals surface area contributed by atoms with Gasteiger partial charge in [0, 0.05) is 0 Å². The van der Waals surface area contributed by atoms with Crippen molar-refractivity contribution in [3.8, 4) is 5.75 Å². The van der Waals surface area contributed by atoms with Gasteiger partial charge in [-0.2, -0.15) is 22.0 Å². The van der Waals surface area contributed by atoms with Crippen molar-refractivity contribution in [3.63, 3.8) is 0 Å². The molecular formula is C11H11F5O. The van der Waals surface area contributed by atoms with Crippen molar-refractivity contribution in [1.29, 1.82) is 0 Å². The molecule has 0 saturated heterocycles. The summed E-state index contributed by atoms with van der Waals surface area (Å²) >= 11 is 0. The van der Waals surface area contributed by atoms with Gasteiger partial charge in [0.05, 0.1) is 0 Å². The van der Waals surface area contributed by atoms with E-state index in [1.807, 2.05) is 6.92 Å². The van der Waals surface area contributed by atoms with Crippen LogP contribution in [0.15, 0.2) is 24.3 Å². The molecule has 0 spiro atoms. The molecule has 1 aromatic carbocycles. The van der Waals surface area contributed by atoms with Crippen LogP contribution in [0.2, 0.25) is 0 Å². The second-order valence-electron chi connectivity index (χ2n) is 3.51. The summed E-state index contributed by atoms with van der Waals surface area (Å²) in [7, 11) is 0. The molecule has 6 heteroatoms. The fraction of sp³-hybridized carbons (Fsp3) is 0.455. The lowest BCUT2D eigenvalue weighted by Gasteiger charge is -2.20. The number of aryl methyl sites for hydroxylation is 1. The molecule has 1 nitrogen and oxygen atoms in total. The van der Waals surface area contributed by atoms with Gasteiger partial charge in [0.2, 0.25) is 0 Å². The minimum atomic E-state index is -5.71. The highest BCUT2D eigenvalue weighted by Crippen LogP contribution is 2.37. The van der Waals surface area contributed by atoms with Crippen molar-refractivity contribution < 1.29 is 26.7 Å². The van der Waals surface area contributed by atoms with Gasteiger partial charge >= 0.3 is 12.3 Å². The zero-order valence-corrected chi connectivity index (χ0v) is 9.02. The van der Waals surface area contributed by atoms with E-state index in [-0.39, 0.29) is 0 Å². The zero-order valence-electron chi connectivity index (χ0n) is 9.02. The molecule has 0 aromatic heterocycles. The van der Waals surface area contributed by atoms with Crippen LogP contribution >= 0.6 is 0 Å². The zero-order chi connectivity index (χ0) is 13.1. The highest BCUT2D eigenvalue weighted by atomic mass is 19.4. The average molecular weight is 254 g/mol. The van der Waals surface area contributed by atoms with Gasteiger partial charge in [-0.1, -0.05) is 25.5 Å². The van der Waals surface area contributed by atoms with Crippen LogP contribution in [-0.2, 0) is 6.42 Å². The topological polar surface area (TPSA) is 9.23 Å². The number of rotatable bonds is 4. The second-order valence-corrected chi connectivity index (χ2v) is 3.51. The van der Waals surface area contributed by atoms with Crippen LogP contribution in [0.4, 0.5) is 22.0 Å². The third-order valence-corrected chi connectivity index (χ3v) is 2.01. The van der Waals surface area contributed by atoms with Gasteiger partial charge in [-0.3, -0.25) is 0 Å². The van der Waals surface area contributed by atoms with Gasteiger partial charge in [0.25, 0.3) is 0 Å². The highest BCUT2D eigenvalue weighted by Gasteiger charge is 2.61. The summed E-state index contributed by atoms with van der Waals surface area (Å²) in [5.74, 6) is -0.488. The predicted octanol–water partition coefficient (Wildman–Crippen LogP) is 4.17. The van der Waals surface area contributed by atoms with Gasteiger partial charge in [0.1, 0.15) is 5.75 Å². The van der Waals surface area contributed by atoms with E-state index < -0.39 is 18.0 Å². The Morgan fingerprint density at radius 3 is 2.29 bits per heavy atom. The first-order chi connectivity index (χ1) is 7.76. The van der Waals surface area contributed by atoms with Crippen LogP contribution in [0.5, 0.6) is 5.75 Å². The van der Waals surface area contributed by atoms with Crippen molar-refractivity contribution in [2.45, 2.75) is 32.1 Å². The highest BCUT2D eigenvalue weighted by molar-refractivity contribution is 5.28. The van der Waals surface area contributed by atoms with Gasteiger partial charge in [-0.25, -0.2) is 0 Å². The largest absolute Gasteiger partial charge is 0.499 e. The second kappa shape index (κ2) is 4.89. The number of hydrogen-bond acceptors (Lipinski definition) is 1. The Labute approximate surface area is 95.2 Å². The molecule has 0 amide bonds. The van der Waals surface area contributed by atoms with Crippen LogP contribution in [0.25, 0.3) is 0 Å². The number of hydrogen-bond donors (Lipinski definition) is 0. The first-order valence-electron chi connectivity index (χ1n) is 4.99. The van der Waals surface area contributed by atoms with E-state index in [1.165, 1.54) is 12.1 Å². The average Bonchev–Trinajstić information content (AvgIpc) is 2.16. The van der Waals surface area contributed by atoms with E-state index in [1.54, 1.807) is 6.07 Å². The number of benzene rings is 1. The molecule has 96 valence electrons. The quantitative estimate of drug-likeness (QED) is 0.732. The van der Waals surface area contributed by atoms with Crippen molar-refractivity contribution in [3.05, 3.63) is 29.8 Å². The van der Waals surface area contributed by atoms with E-state index in [0.29, 0.717) is 12.0 Å². The molecule has 0 fully saturated rings. The van der Waals surface area contributed by atoms with Crippen LogP contribution in [0.1, 0.15) is 18.9 Å². The molecule has 17 heavy (non-hydrogen) atoms. The van der Waals surface area contributed by atoms with Crippen molar-refractivity contribution in [2.24, 2.45) is 0 Å². The van der Waals surface area contributed by atoms with Gasteiger partial charge in [-0.15, -0.1) is 0 Å². The molecule has 0 aliphatic rings. The smallest absolute Gasteiger partial charge is 0.426 e. The minimum absolute atomic E-state index is 0.488. The summed E-state index contributed by atoms with van der Waals surface area (Å²) in [6.07, 6.45) is -9.53. The molecule has 0 N–H and O–H groups in total. The Kier molecular flexibility index (Phi) is 3.95. The Morgan fingerprint density at radius 2 is 1.76 bits per heavy atom. The van der Waals surface area contributed by atoms with Crippen LogP contribution in [-0.4, -0.2) is 12.3 Å². The Balaban J connectivity index is 2.84. The van der Waals surface area contributed by atoms with Crippen LogP contribution < -0.4 is 4.74 Å². The summed E-state index contributed by atoms with van der Waals surface area (Å²) in [5, 5.41) is 0. The standard InChI is InChI=1S/C11H11F5O/c1-2-4-8-5-3-6-9(7-8)17-11(15,16)10(12,13)14/h3,5-7H,2,4H2,1H3. The van der Waals surface area contributed by atoms with Crippen molar-refractivity contribution >= 4 is 0 Å². The monoisotopic (exact) mass is 254 g/mol. The molecule has 0 radical (unpaired) electrons. The molecule has 0 bridgehead atoms. The lowest BCUT2D eigenvalue weighted by molar-refractivity contribution is -0.360. The van der Waals surface area contributed by atoms with Gasteiger partial charge < -0.3 is 4.74 Å². The number of alkyl halides is 5. The lowest BCUT2D eigenvalue weighted by atomic mass is 10.1.